The highest BCUT2D eigenvalue weighted by molar-refractivity contribution is 8.03. The maximum absolute atomic E-state index is 6.02. The third-order valence-electron chi connectivity index (χ3n) is 2.01. The van der Waals surface area contributed by atoms with Gasteiger partial charge in [-0.25, -0.2) is 0 Å². The predicted octanol–water partition coefficient (Wildman–Crippen LogP) is 3.36. The van der Waals surface area contributed by atoms with Crippen molar-refractivity contribution in [2.24, 2.45) is 16.6 Å². The molecular formula is C13H18N2S. The monoisotopic (exact) mass is 234 g/mol. The van der Waals surface area contributed by atoms with Gasteiger partial charge in [0.15, 0.2) is 0 Å². The molecule has 0 radical (unpaired) electrons. The van der Waals surface area contributed by atoms with Crippen LogP contribution in [-0.2, 0) is 0 Å². The first kappa shape index (κ1) is 12.8. The molecule has 1 aromatic carbocycles. The zero-order valence-corrected chi connectivity index (χ0v) is 10.6. The van der Waals surface area contributed by atoms with E-state index in [0.29, 0.717) is 5.92 Å². The molecule has 1 aromatic rings. The molecule has 86 valence electrons. The predicted molar refractivity (Wildman–Crippen MR) is 74.4 cm³/mol. The van der Waals surface area contributed by atoms with Gasteiger partial charge in [0.05, 0.1) is 10.7 Å². The summed E-state index contributed by atoms with van der Waals surface area (Å²) >= 11 is 1.64. The molecule has 3 heteroatoms. The van der Waals surface area contributed by atoms with Gasteiger partial charge in [0.25, 0.3) is 0 Å². The van der Waals surface area contributed by atoms with Crippen LogP contribution in [0.2, 0.25) is 0 Å². The van der Waals surface area contributed by atoms with Crippen molar-refractivity contribution in [2.45, 2.75) is 13.8 Å². The quantitative estimate of drug-likeness (QED) is 0.793. The maximum Gasteiger partial charge on any atom is 0.0990 e. The molecule has 16 heavy (non-hydrogen) atoms. The number of hydrogen-bond donors (Lipinski definition) is 1. The Hall–Kier alpha value is -1.22. The Labute approximate surface area is 102 Å². The van der Waals surface area contributed by atoms with E-state index in [9.17, 15) is 0 Å². The van der Waals surface area contributed by atoms with E-state index in [1.807, 2.05) is 30.3 Å². The Morgan fingerprint density at radius 3 is 2.50 bits per heavy atom. The van der Waals surface area contributed by atoms with Crippen LogP contribution < -0.4 is 5.73 Å². The topological polar surface area (TPSA) is 38.4 Å². The molecule has 0 aliphatic rings. The van der Waals surface area contributed by atoms with Crippen molar-refractivity contribution in [3.8, 4) is 0 Å². The molecule has 0 aromatic heterocycles. The number of aliphatic imine (C=N–C) groups is 1. The van der Waals surface area contributed by atoms with Crippen LogP contribution in [0.1, 0.15) is 19.4 Å². The van der Waals surface area contributed by atoms with Crippen LogP contribution in [0, 0.1) is 5.92 Å². The summed E-state index contributed by atoms with van der Waals surface area (Å²) in [7, 11) is 0. The van der Waals surface area contributed by atoms with Crippen molar-refractivity contribution >= 4 is 24.2 Å². The van der Waals surface area contributed by atoms with Crippen molar-refractivity contribution in [1.29, 1.82) is 0 Å². The lowest BCUT2D eigenvalue weighted by atomic mass is 10.2. The number of rotatable bonds is 5. The van der Waals surface area contributed by atoms with Gasteiger partial charge in [-0.3, -0.25) is 4.99 Å². The largest absolute Gasteiger partial charge is 0.392 e. The first-order valence-electron chi connectivity index (χ1n) is 5.29. The van der Waals surface area contributed by atoms with Crippen molar-refractivity contribution < 1.29 is 0 Å². The Balaban J connectivity index is 2.88. The van der Waals surface area contributed by atoms with E-state index in [-0.39, 0.29) is 0 Å². The molecule has 0 atom stereocenters. The second-order valence-electron chi connectivity index (χ2n) is 3.94. The minimum atomic E-state index is 0.616. The van der Waals surface area contributed by atoms with Crippen molar-refractivity contribution in [1.82, 2.24) is 0 Å². The van der Waals surface area contributed by atoms with Crippen molar-refractivity contribution in [2.75, 3.05) is 5.75 Å². The third-order valence-corrected chi connectivity index (χ3v) is 3.35. The SMILES string of the molecule is C=N/C(=C(/N)SCC(C)C)c1ccccc1. The fourth-order valence-electron chi connectivity index (χ4n) is 1.23. The maximum atomic E-state index is 6.02. The molecule has 0 unspecified atom stereocenters. The fraction of sp³-hybridized carbons (Fsp3) is 0.308. The van der Waals surface area contributed by atoms with Gasteiger partial charge in [0.2, 0.25) is 0 Å². The van der Waals surface area contributed by atoms with E-state index < -0.39 is 0 Å². The molecule has 2 N–H and O–H groups in total. The highest BCUT2D eigenvalue weighted by atomic mass is 32.2. The Bertz CT molecular complexity index is 369. The van der Waals surface area contributed by atoms with Gasteiger partial charge in [0.1, 0.15) is 0 Å². The molecule has 0 saturated carbocycles. The number of nitrogens with zero attached hydrogens (tertiary/aromatic N) is 1. The van der Waals surface area contributed by atoms with Gasteiger partial charge in [0, 0.05) is 11.3 Å². The van der Waals surface area contributed by atoms with Gasteiger partial charge < -0.3 is 5.73 Å². The Morgan fingerprint density at radius 1 is 1.38 bits per heavy atom. The van der Waals surface area contributed by atoms with E-state index in [2.05, 4.69) is 25.6 Å². The van der Waals surface area contributed by atoms with Crippen LogP contribution in [0.5, 0.6) is 0 Å². The average Bonchev–Trinajstić information content (AvgIpc) is 2.29. The number of nitrogens with two attached hydrogens (primary N) is 1. The molecule has 0 spiro atoms. The minimum Gasteiger partial charge on any atom is -0.392 e. The van der Waals surface area contributed by atoms with Crippen LogP contribution in [0.3, 0.4) is 0 Å². The third kappa shape index (κ3) is 3.74. The fourth-order valence-corrected chi connectivity index (χ4v) is 2.06. The summed E-state index contributed by atoms with van der Waals surface area (Å²) in [4.78, 5) is 4.02. The van der Waals surface area contributed by atoms with Gasteiger partial charge in [-0.1, -0.05) is 44.2 Å². The van der Waals surface area contributed by atoms with Crippen LogP contribution >= 0.6 is 11.8 Å². The average molecular weight is 234 g/mol. The lowest BCUT2D eigenvalue weighted by molar-refractivity contribution is 0.751. The molecular weight excluding hydrogens is 216 g/mol. The van der Waals surface area contributed by atoms with E-state index in [4.69, 9.17) is 5.73 Å². The van der Waals surface area contributed by atoms with Gasteiger partial charge in [-0.05, 0) is 12.6 Å². The molecule has 0 saturated heterocycles. The number of benzene rings is 1. The summed E-state index contributed by atoms with van der Waals surface area (Å²) < 4.78 is 0. The van der Waals surface area contributed by atoms with Gasteiger partial charge in [-0.15, -0.1) is 11.8 Å². The molecule has 0 heterocycles. The summed E-state index contributed by atoms with van der Waals surface area (Å²) in [5, 5.41) is 0.745. The molecule has 0 amide bonds. The standard InChI is InChI=1S/C13H18N2S/c1-10(2)9-16-13(14)12(15-3)11-7-5-4-6-8-11/h4-8,10H,3,9,14H2,1-2H3/b13-12-. The molecule has 0 bridgehead atoms. The molecule has 0 fully saturated rings. The van der Waals surface area contributed by atoms with Crippen LogP contribution in [0.25, 0.3) is 5.70 Å². The highest BCUT2D eigenvalue weighted by Crippen LogP contribution is 2.25. The zero-order valence-electron chi connectivity index (χ0n) is 9.81. The Morgan fingerprint density at radius 2 is 2.00 bits per heavy atom. The van der Waals surface area contributed by atoms with Crippen molar-refractivity contribution in [3.05, 3.63) is 40.9 Å². The van der Waals surface area contributed by atoms with E-state index >= 15 is 0 Å². The molecule has 2 nitrogen and oxygen atoms in total. The molecule has 0 aliphatic heterocycles. The summed E-state index contributed by atoms with van der Waals surface area (Å²) in [6.07, 6.45) is 0. The van der Waals surface area contributed by atoms with E-state index in [1.165, 1.54) is 0 Å². The van der Waals surface area contributed by atoms with E-state index in [1.54, 1.807) is 11.8 Å². The number of hydrogen-bond acceptors (Lipinski definition) is 3. The molecule has 0 aliphatic carbocycles. The van der Waals surface area contributed by atoms with Crippen LogP contribution in [0.4, 0.5) is 0 Å². The second-order valence-corrected chi connectivity index (χ2v) is 5.00. The minimum absolute atomic E-state index is 0.616. The zero-order chi connectivity index (χ0) is 12.0. The lowest BCUT2D eigenvalue weighted by Gasteiger charge is -2.08. The number of thioether (sulfide) groups is 1. The molecule has 1 rings (SSSR count). The lowest BCUT2D eigenvalue weighted by Crippen LogP contribution is -2.01. The summed E-state index contributed by atoms with van der Waals surface area (Å²) in [5.74, 6) is 1.61. The van der Waals surface area contributed by atoms with Gasteiger partial charge >= 0.3 is 0 Å². The second kappa shape index (κ2) is 6.38. The van der Waals surface area contributed by atoms with Crippen LogP contribution in [-0.4, -0.2) is 12.5 Å². The summed E-state index contributed by atoms with van der Waals surface area (Å²) in [6, 6.07) is 9.91. The summed E-state index contributed by atoms with van der Waals surface area (Å²) in [6.45, 7) is 7.93. The van der Waals surface area contributed by atoms with Gasteiger partial charge in [-0.2, -0.15) is 0 Å². The summed E-state index contributed by atoms with van der Waals surface area (Å²) in [5.41, 5.74) is 7.82. The van der Waals surface area contributed by atoms with Crippen molar-refractivity contribution in [3.63, 3.8) is 0 Å². The Kier molecular flexibility index (Phi) is 5.12. The smallest absolute Gasteiger partial charge is 0.0990 e. The van der Waals surface area contributed by atoms with E-state index in [0.717, 1.165) is 22.0 Å². The van der Waals surface area contributed by atoms with Crippen LogP contribution in [0.15, 0.2) is 40.4 Å². The first-order chi connectivity index (χ1) is 7.65. The highest BCUT2D eigenvalue weighted by Gasteiger charge is 2.05. The normalized spacial score (nSPS) is 12.4. The first-order valence-corrected chi connectivity index (χ1v) is 6.28.